The monoisotopic (exact) mass is 255 g/mol. The Labute approximate surface area is 105 Å². The first-order valence-corrected chi connectivity index (χ1v) is 5.46. The summed E-state index contributed by atoms with van der Waals surface area (Å²) in [6, 6.07) is 6.75. The summed E-state index contributed by atoms with van der Waals surface area (Å²) in [6.07, 6.45) is 0.0938. The van der Waals surface area contributed by atoms with Crippen LogP contribution in [0.15, 0.2) is 36.9 Å². The van der Waals surface area contributed by atoms with E-state index in [1.165, 1.54) is 6.08 Å². The number of hydrogen-bond donors (Lipinski definition) is 2. The first-order chi connectivity index (χ1) is 8.13. The Hall–Kier alpha value is -1.52. The van der Waals surface area contributed by atoms with Gasteiger partial charge in [-0.3, -0.25) is 0 Å². The van der Waals surface area contributed by atoms with E-state index in [4.69, 9.17) is 16.3 Å². The number of carbonyl (C=O) groups excluding carboxylic acids is 1. The Morgan fingerprint density at radius 1 is 1.53 bits per heavy atom. The second-order valence-electron chi connectivity index (χ2n) is 3.34. The standard InChI is InChI=1S/C12H14ClNO3/c1-2-7-17-12(16)14-8-11(15)9-3-5-10(13)6-4-9/h2-6,11,15H,1,7-8H2,(H,14,16)/t11-/m0/s1. The van der Waals surface area contributed by atoms with Crippen LogP contribution in [0, 0.1) is 0 Å². The molecule has 0 fully saturated rings. The lowest BCUT2D eigenvalue weighted by Crippen LogP contribution is -2.29. The molecule has 4 nitrogen and oxygen atoms in total. The molecular weight excluding hydrogens is 242 g/mol. The fourth-order valence-corrected chi connectivity index (χ4v) is 1.29. The van der Waals surface area contributed by atoms with E-state index >= 15 is 0 Å². The second-order valence-corrected chi connectivity index (χ2v) is 3.77. The van der Waals surface area contributed by atoms with Gasteiger partial charge in [0.15, 0.2) is 0 Å². The molecule has 0 spiro atoms. The van der Waals surface area contributed by atoms with Crippen molar-refractivity contribution in [3.8, 4) is 0 Å². The Morgan fingerprint density at radius 2 is 2.18 bits per heavy atom. The molecule has 1 amide bonds. The Morgan fingerprint density at radius 3 is 2.76 bits per heavy atom. The molecule has 0 radical (unpaired) electrons. The minimum atomic E-state index is -0.788. The van der Waals surface area contributed by atoms with Gasteiger partial charge in [-0.05, 0) is 17.7 Å². The van der Waals surface area contributed by atoms with Crippen LogP contribution in [0.4, 0.5) is 4.79 Å². The van der Waals surface area contributed by atoms with Gasteiger partial charge in [-0.15, -0.1) is 0 Å². The molecule has 0 aliphatic rings. The lowest BCUT2D eigenvalue weighted by molar-refractivity contribution is 0.139. The van der Waals surface area contributed by atoms with Crippen LogP contribution >= 0.6 is 11.6 Å². The average Bonchev–Trinajstić information content (AvgIpc) is 2.34. The smallest absolute Gasteiger partial charge is 0.407 e. The number of amides is 1. The molecule has 17 heavy (non-hydrogen) atoms. The Kier molecular flexibility index (Phi) is 5.52. The zero-order valence-corrected chi connectivity index (χ0v) is 9.98. The fourth-order valence-electron chi connectivity index (χ4n) is 1.17. The number of carbonyl (C=O) groups is 1. The minimum absolute atomic E-state index is 0.0810. The molecule has 1 atom stereocenters. The van der Waals surface area contributed by atoms with Crippen molar-refractivity contribution in [2.24, 2.45) is 0 Å². The second kappa shape index (κ2) is 6.93. The fraction of sp³-hybridized carbons (Fsp3) is 0.250. The molecule has 1 aromatic rings. The van der Waals surface area contributed by atoms with Crippen molar-refractivity contribution in [1.29, 1.82) is 0 Å². The summed E-state index contributed by atoms with van der Waals surface area (Å²) in [7, 11) is 0. The van der Waals surface area contributed by atoms with Gasteiger partial charge in [0.05, 0.1) is 12.6 Å². The van der Waals surface area contributed by atoms with Gasteiger partial charge in [0.25, 0.3) is 0 Å². The molecule has 0 saturated heterocycles. The third kappa shape index (κ3) is 4.89. The van der Waals surface area contributed by atoms with E-state index in [1.54, 1.807) is 24.3 Å². The summed E-state index contributed by atoms with van der Waals surface area (Å²) in [4.78, 5) is 11.1. The molecular formula is C12H14ClNO3. The van der Waals surface area contributed by atoms with Gasteiger partial charge >= 0.3 is 6.09 Å². The maximum Gasteiger partial charge on any atom is 0.407 e. The van der Waals surface area contributed by atoms with Crippen LogP contribution in [0.25, 0.3) is 0 Å². The van der Waals surface area contributed by atoms with E-state index in [0.717, 1.165) is 0 Å². The third-order valence-electron chi connectivity index (χ3n) is 2.03. The molecule has 0 heterocycles. The highest BCUT2D eigenvalue weighted by Crippen LogP contribution is 2.15. The number of aliphatic hydroxyl groups excluding tert-OH is 1. The predicted octanol–water partition coefficient (Wildman–Crippen LogP) is 2.29. The number of halogens is 1. The van der Waals surface area contributed by atoms with Crippen molar-refractivity contribution in [1.82, 2.24) is 5.32 Å². The summed E-state index contributed by atoms with van der Waals surface area (Å²) in [5.74, 6) is 0. The quantitative estimate of drug-likeness (QED) is 0.794. The Balaban J connectivity index is 2.39. The number of alkyl carbamates (subject to hydrolysis) is 1. The number of aliphatic hydroxyl groups is 1. The highest BCUT2D eigenvalue weighted by atomic mass is 35.5. The molecule has 0 aromatic heterocycles. The van der Waals surface area contributed by atoms with Crippen LogP contribution in [0.5, 0.6) is 0 Å². The molecule has 2 N–H and O–H groups in total. The van der Waals surface area contributed by atoms with E-state index in [-0.39, 0.29) is 13.2 Å². The first-order valence-electron chi connectivity index (χ1n) is 5.08. The highest BCUT2D eigenvalue weighted by molar-refractivity contribution is 6.30. The van der Waals surface area contributed by atoms with Crippen LogP contribution in [-0.2, 0) is 4.74 Å². The number of ether oxygens (including phenoxy) is 1. The molecule has 0 bridgehead atoms. The maximum absolute atomic E-state index is 11.1. The number of benzene rings is 1. The average molecular weight is 256 g/mol. The third-order valence-corrected chi connectivity index (χ3v) is 2.28. The van der Waals surface area contributed by atoms with Crippen molar-refractivity contribution in [2.45, 2.75) is 6.10 Å². The molecule has 1 rings (SSSR count). The van der Waals surface area contributed by atoms with Crippen LogP contribution in [0.1, 0.15) is 11.7 Å². The van der Waals surface area contributed by atoms with E-state index < -0.39 is 12.2 Å². The van der Waals surface area contributed by atoms with Crippen molar-refractivity contribution in [2.75, 3.05) is 13.2 Å². The molecule has 1 aromatic carbocycles. The van der Waals surface area contributed by atoms with Crippen LogP contribution in [0.2, 0.25) is 5.02 Å². The van der Waals surface area contributed by atoms with Gasteiger partial charge < -0.3 is 15.2 Å². The first kappa shape index (κ1) is 13.5. The van der Waals surface area contributed by atoms with Crippen LogP contribution < -0.4 is 5.32 Å². The van der Waals surface area contributed by atoms with Gasteiger partial charge in [0, 0.05) is 5.02 Å². The van der Waals surface area contributed by atoms with E-state index in [9.17, 15) is 9.90 Å². The number of hydrogen-bond acceptors (Lipinski definition) is 3. The van der Waals surface area contributed by atoms with Gasteiger partial charge in [0.2, 0.25) is 0 Å². The summed E-state index contributed by atoms with van der Waals surface area (Å²) < 4.78 is 4.70. The molecule has 5 heteroatoms. The summed E-state index contributed by atoms with van der Waals surface area (Å²) in [5, 5.41) is 12.8. The predicted molar refractivity (Wildman–Crippen MR) is 66.0 cm³/mol. The summed E-state index contributed by atoms with van der Waals surface area (Å²) in [5.41, 5.74) is 0.679. The number of rotatable bonds is 5. The van der Waals surface area contributed by atoms with Crippen LogP contribution in [0.3, 0.4) is 0 Å². The Bertz CT molecular complexity index is 378. The lowest BCUT2D eigenvalue weighted by Gasteiger charge is -2.12. The van der Waals surface area contributed by atoms with Crippen molar-refractivity contribution < 1.29 is 14.6 Å². The van der Waals surface area contributed by atoms with Crippen molar-refractivity contribution in [3.63, 3.8) is 0 Å². The van der Waals surface area contributed by atoms with E-state index in [2.05, 4.69) is 11.9 Å². The van der Waals surface area contributed by atoms with Crippen molar-refractivity contribution >= 4 is 17.7 Å². The van der Waals surface area contributed by atoms with Gasteiger partial charge in [0.1, 0.15) is 6.61 Å². The topological polar surface area (TPSA) is 58.6 Å². The number of nitrogens with one attached hydrogen (secondary N) is 1. The van der Waals surface area contributed by atoms with Gasteiger partial charge in [-0.1, -0.05) is 36.4 Å². The van der Waals surface area contributed by atoms with Crippen molar-refractivity contribution in [3.05, 3.63) is 47.5 Å². The zero-order chi connectivity index (χ0) is 12.7. The van der Waals surface area contributed by atoms with E-state index in [1.807, 2.05) is 0 Å². The van der Waals surface area contributed by atoms with Gasteiger partial charge in [-0.2, -0.15) is 0 Å². The molecule has 0 unspecified atom stereocenters. The molecule has 92 valence electrons. The maximum atomic E-state index is 11.1. The zero-order valence-electron chi connectivity index (χ0n) is 9.23. The normalized spacial score (nSPS) is 11.6. The largest absolute Gasteiger partial charge is 0.445 e. The summed E-state index contributed by atoms with van der Waals surface area (Å²) in [6.45, 7) is 3.64. The molecule has 0 aliphatic heterocycles. The highest BCUT2D eigenvalue weighted by Gasteiger charge is 2.09. The van der Waals surface area contributed by atoms with E-state index in [0.29, 0.717) is 10.6 Å². The molecule has 0 saturated carbocycles. The SMILES string of the molecule is C=CCOC(=O)NC[C@H](O)c1ccc(Cl)cc1. The van der Waals surface area contributed by atoms with Crippen LogP contribution in [-0.4, -0.2) is 24.4 Å². The molecule has 0 aliphatic carbocycles. The lowest BCUT2D eigenvalue weighted by atomic mass is 10.1. The summed E-state index contributed by atoms with van der Waals surface area (Å²) >= 11 is 5.72. The minimum Gasteiger partial charge on any atom is -0.445 e. The van der Waals surface area contributed by atoms with Gasteiger partial charge in [-0.25, -0.2) is 4.79 Å².